The maximum absolute atomic E-state index is 13.9. The third-order valence-electron chi connectivity index (χ3n) is 5.09. The first kappa shape index (κ1) is 19.6. The predicted molar refractivity (Wildman–Crippen MR) is 106 cm³/mol. The summed E-state index contributed by atoms with van der Waals surface area (Å²) in [7, 11) is 0. The molecule has 0 N–H and O–H groups in total. The number of hydrogen-bond donors (Lipinski definition) is 0. The van der Waals surface area contributed by atoms with Crippen LogP contribution in [0.4, 0.5) is 4.39 Å². The van der Waals surface area contributed by atoms with Crippen LogP contribution in [0.5, 0.6) is 0 Å². The first-order chi connectivity index (χ1) is 14.2. The van der Waals surface area contributed by atoms with Crippen LogP contribution in [-0.4, -0.2) is 43.6 Å². The third-order valence-corrected chi connectivity index (χ3v) is 5.85. The highest BCUT2D eigenvalue weighted by atomic mass is 32.1. The Hall–Kier alpha value is -2.68. The number of likely N-dealkylation sites (tertiary alicyclic amines) is 1. The molecule has 1 atom stereocenters. The number of hydrogen-bond acceptors (Lipinski definition) is 7. The molecule has 0 spiro atoms. The standard InChI is InChI=1S/C20H22FN5O2S/c1-2-6-16-18(29-25-23-16)20(27)26-10-5-7-13(12-26)11-17-22-19(24-28-17)14-8-3-4-9-15(14)21/h3-4,8-9,13H,2,5-7,10-12H2,1H3. The minimum absolute atomic E-state index is 0.00530. The summed E-state index contributed by atoms with van der Waals surface area (Å²) < 4.78 is 23.2. The molecule has 0 aliphatic carbocycles. The Kier molecular flexibility index (Phi) is 5.94. The second kappa shape index (κ2) is 8.77. The summed E-state index contributed by atoms with van der Waals surface area (Å²) >= 11 is 1.17. The Labute approximate surface area is 172 Å². The molecule has 152 valence electrons. The minimum atomic E-state index is -0.379. The smallest absolute Gasteiger partial charge is 0.267 e. The van der Waals surface area contributed by atoms with Gasteiger partial charge in [-0.25, -0.2) is 4.39 Å². The van der Waals surface area contributed by atoms with E-state index in [1.165, 1.54) is 17.6 Å². The van der Waals surface area contributed by atoms with Crippen LogP contribution in [0, 0.1) is 11.7 Å². The van der Waals surface area contributed by atoms with Gasteiger partial charge in [0.15, 0.2) is 0 Å². The van der Waals surface area contributed by atoms with Crippen molar-refractivity contribution in [2.24, 2.45) is 5.92 Å². The minimum Gasteiger partial charge on any atom is -0.339 e. The molecule has 1 fully saturated rings. The highest BCUT2D eigenvalue weighted by Crippen LogP contribution is 2.25. The number of halogens is 1. The van der Waals surface area contributed by atoms with E-state index in [2.05, 4.69) is 26.7 Å². The zero-order valence-corrected chi connectivity index (χ0v) is 17.0. The molecule has 1 amide bonds. The molecule has 0 bridgehead atoms. The van der Waals surface area contributed by atoms with Crippen molar-refractivity contribution in [3.05, 3.63) is 46.5 Å². The number of aromatic nitrogens is 4. The first-order valence-electron chi connectivity index (χ1n) is 9.83. The summed E-state index contributed by atoms with van der Waals surface area (Å²) in [6, 6.07) is 6.36. The summed E-state index contributed by atoms with van der Waals surface area (Å²) in [5.74, 6) is 0.564. The number of amides is 1. The van der Waals surface area contributed by atoms with Crippen molar-refractivity contribution in [3.63, 3.8) is 0 Å². The molecular formula is C20H22FN5O2S. The maximum atomic E-state index is 13.9. The summed E-state index contributed by atoms with van der Waals surface area (Å²) in [4.78, 5) is 19.8. The van der Waals surface area contributed by atoms with Crippen LogP contribution in [0.3, 0.4) is 0 Å². The van der Waals surface area contributed by atoms with Crippen molar-refractivity contribution in [2.75, 3.05) is 13.1 Å². The third kappa shape index (κ3) is 4.34. The molecule has 7 nitrogen and oxygen atoms in total. The van der Waals surface area contributed by atoms with Gasteiger partial charge in [-0.2, -0.15) is 4.98 Å². The van der Waals surface area contributed by atoms with Crippen molar-refractivity contribution in [3.8, 4) is 11.4 Å². The number of rotatable bonds is 6. The lowest BCUT2D eigenvalue weighted by atomic mass is 9.94. The van der Waals surface area contributed by atoms with E-state index in [1.807, 2.05) is 4.90 Å². The number of piperidine rings is 1. The molecule has 9 heteroatoms. The Morgan fingerprint density at radius 1 is 1.38 bits per heavy atom. The van der Waals surface area contributed by atoms with Crippen molar-refractivity contribution in [2.45, 2.75) is 39.0 Å². The maximum Gasteiger partial charge on any atom is 0.267 e. The fourth-order valence-electron chi connectivity index (χ4n) is 3.67. The summed E-state index contributed by atoms with van der Waals surface area (Å²) in [5.41, 5.74) is 1.11. The van der Waals surface area contributed by atoms with E-state index in [0.717, 1.165) is 37.9 Å². The van der Waals surface area contributed by atoms with Gasteiger partial charge >= 0.3 is 0 Å². The van der Waals surface area contributed by atoms with Crippen LogP contribution in [-0.2, 0) is 12.8 Å². The Morgan fingerprint density at radius 2 is 2.24 bits per heavy atom. The Balaban J connectivity index is 1.42. The highest BCUT2D eigenvalue weighted by molar-refractivity contribution is 7.08. The van der Waals surface area contributed by atoms with Gasteiger partial charge in [0.2, 0.25) is 11.7 Å². The average molecular weight is 415 g/mol. The Morgan fingerprint density at radius 3 is 3.07 bits per heavy atom. The van der Waals surface area contributed by atoms with E-state index < -0.39 is 0 Å². The Bertz CT molecular complexity index is 989. The van der Waals surface area contributed by atoms with Crippen molar-refractivity contribution in [1.82, 2.24) is 24.6 Å². The number of carbonyl (C=O) groups is 1. The van der Waals surface area contributed by atoms with Crippen LogP contribution >= 0.6 is 11.5 Å². The summed E-state index contributed by atoms with van der Waals surface area (Å²) in [6.07, 6.45) is 4.14. The second-order valence-electron chi connectivity index (χ2n) is 7.25. The molecule has 3 heterocycles. The first-order valence-corrected chi connectivity index (χ1v) is 10.6. The van der Waals surface area contributed by atoms with Gasteiger partial charge in [-0.1, -0.05) is 35.1 Å². The lowest BCUT2D eigenvalue weighted by Crippen LogP contribution is -2.40. The number of benzene rings is 1. The average Bonchev–Trinajstić information content (AvgIpc) is 3.38. The molecule has 29 heavy (non-hydrogen) atoms. The molecule has 1 aliphatic rings. The van der Waals surface area contributed by atoms with E-state index in [0.29, 0.717) is 29.3 Å². The molecule has 1 unspecified atom stereocenters. The van der Waals surface area contributed by atoms with E-state index in [-0.39, 0.29) is 23.5 Å². The normalized spacial score (nSPS) is 16.9. The topological polar surface area (TPSA) is 85.0 Å². The fraction of sp³-hybridized carbons (Fsp3) is 0.450. The van der Waals surface area contributed by atoms with Gasteiger partial charge in [-0.3, -0.25) is 4.79 Å². The number of aryl methyl sites for hydroxylation is 1. The van der Waals surface area contributed by atoms with E-state index in [4.69, 9.17) is 4.52 Å². The van der Waals surface area contributed by atoms with Gasteiger partial charge in [0.05, 0.1) is 11.3 Å². The van der Waals surface area contributed by atoms with Crippen LogP contribution in [0.15, 0.2) is 28.8 Å². The van der Waals surface area contributed by atoms with Crippen molar-refractivity contribution < 1.29 is 13.7 Å². The quantitative estimate of drug-likeness (QED) is 0.609. The molecule has 2 aromatic heterocycles. The molecule has 1 aromatic carbocycles. The van der Waals surface area contributed by atoms with Crippen LogP contribution in [0.25, 0.3) is 11.4 Å². The zero-order valence-electron chi connectivity index (χ0n) is 16.2. The molecule has 1 aliphatic heterocycles. The van der Waals surface area contributed by atoms with Crippen LogP contribution in [0.1, 0.15) is 47.4 Å². The van der Waals surface area contributed by atoms with Crippen LogP contribution in [0.2, 0.25) is 0 Å². The van der Waals surface area contributed by atoms with Gasteiger partial charge in [0.25, 0.3) is 5.91 Å². The van der Waals surface area contributed by atoms with E-state index in [9.17, 15) is 9.18 Å². The lowest BCUT2D eigenvalue weighted by Gasteiger charge is -2.32. The molecule has 3 aromatic rings. The van der Waals surface area contributed by atoms with Gasteiger partial charge in [0, 0.05) is 19.5 Å². The van der Waals surface area contributed by atoms with E-state index in [1.54, 1.807) is 18.2 Å². The predicted octanol–water partition coefficient (Wildman–Crippen LogP) is 3.77. The second-order valence-corrected chi connectivity index (χ2v) is 8.01. The van der Waals surface area contributed by atoms with E-state index >= 15 is 0 Å². The number of carbonyl (C=O) groups excluding carboxylic acids is 1. The monoisotopic (exact) mass is 415 g/mol. The van der Waals surface area contributed by atoms with Gasteiger partial charge in [0.1, 0.15) is 10.7 Å². The number of nitrogens with zero attached hydrogens (tertiary/aromatic N) is 5. The van der Waals surface area contributed by atoms with Crippen LogP contribution < -0.4 is 0 Å². The molecule has 0 saturated carbocycles. The van der Waals surface area contributed by atoms with Crippen molar-refractivity contribution in [1.29, 1.82) is 0 Å². The molecular weight excluding hydrogens is 393 g/mol. The SMILES string of the molecule is CCCc1nnsc1C(=O)N1CCCC(Cc2nc(-c3ccccc3F)no2)C1. The zero-order chi connectivity index (χ0) is 20.2. The fourth-order valence-corrected chi connectivity index (χ4v) is 4.34. The summed E-state index contributed by atoms with van der Waals surface area (Å²) in [6.45, 7) is 3.41. The lowest BCUT2D eigenvalue weighted by molar-refractivity contribution is 0.0671. The molecule has 4 rings (SSSR count). The van der Waals surface area contributed by atoms with Gasteiger partial charge in [-0.05, 0) is 48.8 Å². The molecule has 0 radical (unpaired) electrons. The molecule has 1 saturated heterocycles. The van der Waals surface area contributed by atoms with Gasteiger partial charge < -0.3 is 9.42 Å². The van der Waals surface area contributed by atoms with Crippen molar-refractivity contribution >= 4 is 17.4 Å². The largest absolute Gasteiger partial charge is 0.339 e. The summed E-state index contributed by atoms with van der Waals surface area (Å²) in [5, 5.41) is 8.02. The highest BCUT2D eigenvalue weighted by Gasteiger charge is 2.28. The van der Waals surface area contributed by atoms with Gasteiger partial charge in [-0.15, -0.1) is 5.10 Å².